The van der Waals surface area contributed by atoms with Gasteiger partial charge >= 0.3 is 0 Å². The van der Waals surface area contributed by atoms with Gasteiger partial charge in [-0.25, -0.2) is 0 Å². The number of hydrogen-bond acceptors (Lipinski definition) is 4. The summed E-state index contributed by atoms with van der Waals surface area (Å²) >= 11 is 6.16. The average Bonchev–Trinajstić information content (AvgIpc) is 3.27. The molecule has 1 saturated heterocycles. The van der Waals surface area contributed by atoms with Gasteiger partial charge in [-0.15, -0.1) is 0 Å². The molecule has 1 aromatic carbocycles. The predicted octanol–water partition coefficient (Wildman–Crippen LogP) is 2.32. The van der Waals surface area contributed by atoms with Gasteiger partial charge < -0.3 is 20.3 Å². The van der Waals surface area contributed by atoms with Gasteiger partial charge in [0.05, 0.1) is 19.0 Å². The Morgan fingerprint density at radius 1 is 1.50 bits per heavy atom. The molecule has 0 saturated carbocycles. The van der Waals surface area contributed by atoms with E-state index in [-0.39, 0.29) is 0 Å². The largest absolute Gasteiger partial charge is 0.495 e. The summed E-state index contributed by atoms with van der Waals surface area (Å²) in [7, 11) is 3.46. The van der Waals surface area contributed by atoms with Crippen molar-refractivity contribution in [2.75, 3.05) is 32.1 Å². The summed E-state index contributed by atoms with van der Waals surface area (Å²) in [4.78, 5) is 6.61. The quantitative estimate of drug-likeness (QED) is 0.551. The fraction of sp³-hybridized carbons (Fsp3) is 0.444. The molecule has 0 radical (unpaired) electrons. The lowest BCUT2D eigenvalue weighted by atomic mass is 10.2. The van der Waals surface area contributed by atoms with Crippen LogP contribution in [0.15, 0.2) is 29.4 Å². The van der Waals surface area contributed by atoms with Crippen molar-refractivity contribution in [3.8, 4) is 5.75 Å². The highest BCUT2D eigenvalue weighted by atomic mass is 35.5. The first-order valence-electron chi connectivity index (χ1n) is 8.65. The lowest BCUT2D eigenvalue weighted by Crippen LogP contribution is -2.44. The van der Waals surface area contributed by atoms with E-state index in [1.807, 2.05) is 31.3 Å². The molecule has 1 aliphatic rings. The number of aryl methyl sites for hydroxylation is 1. The predicted molar refractivity (Wildman–Crippen MR) is 105 cm³/mol. The molecule has 140 valence electrons. The van der Waals surface area contributed by atoms with E-state index in [0.717, 1.165) is 48.2 Å². The first kappa shape index (κ1) is 18.4. The molecule has 1 unspecified atom stereocenters. The molecule has 1 aliphatic heterocycles. The topological polar surface area (TPSA) is 77.6 Å². The van der Waals surface area contributed by atoms with E-state index in [1.165, 1.54) is 0 Å². The summed E-state index contributed by atoms with van der Waals surface area (Å²) in [5.74, 6) is 1.63. The second-order valence-corrected chi connectivity index (χ2v) is 6.77. The number of aliphatic imine (C=N–C) groups is 1. The lowest BCUT2D eigenvalue weighted by molar-refractivity contribution is 0.415. The highest BCUT2D eigenvalue weighted by Crippen LogP contribution is 2.33. The van der Waals surface area contributed by atoms with Crippen LogP contribution in [-0.2, 0) is 6.54 Å². The van der Waals surface area contributed by atoms with Gasteiger partial charge in [0, 0.05) is 49.0 Å². The van der Waals surface area contributed by atoms with Gasteiger partial charge in [0.15, 0.2) is 5.96 Å². The normalized spacial score (nSPS) is 17.5. The number of aromatic nitrogens is 2. The van der Waals surface area contributed by atoms with E-state index < -0.39 is 0 Å². The van der Waals surface area contributed by atoms with Crippen molar-refractivity contribution in [3.05, 3.63) is 40.7 Å². The zero-order chi connectivity index (χ0) is 18.5. The minimum Gasteiger partial charge on any atom is -0.495 e. The minimum absolute atomic E-state index is 0.301. The first-order valence-corrected chi connectivity index (χ1v) is 9.03. The van der Waals surface area contributed by atoms with Crippen molar-refractivity contribution in [2.45, 2.75) is 25.9 Å². The van der Waals surface area contributed by atoms with Gasteiger partial charge in [-0.3, -0.25) is 10.1 Å². The van der Waals surface area contributed by atoms with Crippen LogP contribution in [0, 0.1) is 6.92 Å². The Hall–Kier alpha value is -2.41. The van der Waals surface area contributed by atoms with Gasteiger partial charge in [-0.1, -0.05) is 11.6 Å². The Balaban J connectivity index is 1.58. The number of benzene rings is 1. The highest BCUT2D eigenvalue weighted by molar-refractivity contribution is 6.30. The third-order valence-corrected chi connectivity index (χ3v) is 4.85. The van der Waals surface area contributed by atoms with Gasteiger partial charge in [0.25, 0.3) is 0 Å². The number of hydrogen-bond donors (Lipinski definition) is 3. The van der Waals surface area contributed by atoms with Crippen molar-refractivity contribution in [1.82, 2.24) is 20.8 Å². The average molecular weight is 377 g/mol. The van der Waals surface area contributed by atoms with Crippen LogP contribution in [0.5, 0.6) is 5.75 Å². The number of anilines is 1. The molecular weight excluding hydrogens is 352 g/mol. The van der Waals surface area contributed by atoms with Gasteiger partial charge in [-0.05, 0) is 31.5 Å². The summed E-state index contributed by atoms with van der Waals surface area (Å²) < 4.78 is 5.48. The second kappa shape index (κ2) is 8.31. The Bertz CT molecular complexity index is 775. The van der Waals surface area contributed by atoms with E-state index in [1.54, 1.807) is 14.2 Å². The fourth-order valence-corrected chi connectivity index (χ4v) is 3.29. The minimum atomic E-state index is 0.301. The molecule has 26 heavy (non-hydrogen) atoms. The van der Waals surface area contributed by atoms with Crippen LogP contribution in [-0.4, -0.2) is 49.4 Å². The van der Waals surface area contributed by atoms with Crippen molar-refractivity contribution in [1.29, 1.82) is 0 Å². The highest BCUT2D eigenvalue weighted by Gasteiger charge is 2.25. The Morgan fingerprint density at radius 3 is 3.04 bits per heavy atom. The zero-order valence-corrected chi connectivity index (χ0v) is 16.1. The molecule has 7 nitrogen and oxygen atoms in total. The van der Waals surface area contributed by atoms with E-state index in [0.29, 0.717) is 17.6 Å². The molecule has 8 heteroatoms. The Labute approximate surface area is 158 Å². The molecule has 3 N–H and O–H groups in total. The van der Waals surface area contributed by atoms with Gasteiger partial charge in [0.2, 0.25) is 0 Å². The lowest BCUT2D eigenvalue weighted by Gasteiger charge is -2.22. The van der Waals surface area contributed by atoms with Gasteiger partial charge in [0.1, 0.15) is 5.75 Å². The number of rotatable bonds is 5. The second-order valence-electron chi connectivity index (χ2n) is 6.34. The van der Waals surface area contributed by atoms with E-state index in [2.05, 4.69) is 30.7 Å². The van der Waals surface area contributed by atoms with E-state index in [9.17, 15) is 0 Å². The molecule has 0 spiro atoms. The summed E-state index contributed by atoms with van der Waals surface area (Å²) in [6.45, 7) is 4.49. The number of methoxy groups -OCH3 is 1. The number of guanidine groups is 1. The third kappa shape index (κ3) is 4.22. The zero-order valence-electron chi connectivity index (χ0n) is 15.3. The maximum absolute atomic E-state index is 6.16. The molecule has 1 atom stereocenters. The van der Waals surface area contributed by atoms with Crippen molar-refractivity contribution in [3.63, 3.8) is 0 Å². The van der Waals surface area contributed by atoms with Crippen molar-refractivity contribution < 1.29 is 4.74 Å². The number of ether oxygens (including phenoxy) is 1. The van der Waals surface area contributed by atoms with Crippen LogP contribution in [0.4, 0.5) is 5.69 Å². The maximum atomic E-state index is 6.16. The summed E-state index contributed by atoms with van der Waals surface area (Å²) in [6, 6.07) is 6.01. The maximum Gasteiger partial charge on any atom is 0.191 e. The van der Waals surface area contributed by atoms with Crippen molar-refractivity contribution >= 4 is 23.2 Å². The van der Waals surface area contributed by atoms with Crippen LogP contribution in [0.2, 0.25) is 5.02 Å². The fourth-order valence-electron chi connectivity index (χ4n) is 3.13. The molecule has 0 amide bonds. The summed E-state index contributed by atoms with van der Waals surface area (Å²) in [6.07, 6.45) is 2.85. The molecule has 2 aromatic rings. The van der Waals surface area contributed by atoms with Gasteiger partial charge in [-0.2, -0.15) is 5.10 Å². The first-order chi connectivity index (χ1) is 12.6. The van der Waals surface area contributed by atoms with E-state index >= 15 is 0 Å². The standard InChI is InChI=1S/C18H25ClN6O/c1-12-13(10-22-24-12)9-21-18(20-2)23-15-6-7-25(11-15)16-8-14(19)4-5-17(16)26-3/h4-5,8,10,15H,6-7,9,11H2,1-3H3,(H,22,24)(H2,20,21,23). The summed E-state index contributed by atoms with van der Waals surface area (Å²) in [5, 5.41) is 14.5. The SMILES string of the molecule is CN=C(NCc1cn[nH]c1C)NC1CCN(c2cc(Cl)ccc2OC)C1. The monoisotopic (exact) mass is 376 g/mol. The summed E-state index contributed by atoms with van der Waals surface area (Å²) in [5.41, 5.74) is 3.22. The van der Waals surface area contributed by atoms with Crippen LogP contribution in [0.3, 0.4) is 0 Å². The van der Waals surface area contributed by atoms with Crippen LogP contribution in [0.1, 0.15) is 17.7 Å². The molecule has 0 bridgehead atoms. The Morgan fingerprint density at radius 2 is 2.35 bits per heavy atom. The molecule has 1 fully saturated rings. The number of halogens is 1. The Kier molecular flexibility index (Phi) is 5.88. The molecular formula is C18H25ClN6O. The number of nitrogens with one attached hydrogen (secondary N) is 3. The third-order valence-electron chi connectivity index (χ3n) is 4.61. The smallest absolute Gasteiger partial charge is 0.191 e. The van der Waals surface area contributed by atoms with Crippen LogP contribution in [0.25, 0.3) is 0 Å². The number of nitrogens with zero attached hydrogens (tertiary/aromatic N) is 3. The number of aromatic amines is 1. The van der Waals surface area contributed by atoms with E-state index in [4.69, 9.17) is 16.3 Å². The van der Waals surface area contributed by atoms with Crippen molar-refractivity contribution in [2.24, 2.45) is 4.99 Å². The van der Waals surface area contributed by atoms with Crippen LogP contribution < -0.4 is 20.3 Å². The van der Waals surface area contributed by atoms with Crippen LogP contribution >= 0.6 is 11.6 Å². The number of H-pyrrole nitrogens is 1. The molecule has 2 heterocycles. The molecule has 0 aliphatic carbocycles. The molecule has 3 rings (SSSR count). The molecule has 1 aromatic heterocycles.